The average Bonchev–Trinajstić information content (AvgIpc) is 2.31. The normalized spacial score (nSPS) is 11.7. The molecular formula is C14H16Br2N2O. The fraction of sp³-hybridized carbons (Fsp3) is 0.357. The number of nitrogens with one attached hydrogen (secondary N) is 1. The van der Waals surface area contributed by atoms with Crippen molar-refractivity contribution in [2.45, 2.75) is 26.3 Å². The highest BCUT2D eigenvalue weighted by molar-refractivity contribution is 9.11. The first-order valence-electron chi connectivity index (χ1n) is 5.92. The maximum absolute atomic E-state index is 5.36. The van der Waals surface area contributed by atoms with Gasteiger partial charge < -0.3 is 10.1 Å². The molecule has 0 amide bonds. The number of halogens is 2. The second kappa shape index (κ2) is 5.29. The fourth-order valence-electron chi connectivity index (χ4n) is 1.85. The van der Waals surface area contributed by atoms with Crippen molar-refractivity contribution in [1.82, 2.24) is 4.98 Å². The molecule has 0 aliphatic carbocycles. The first-order chi connectivity index (χ1) is 8.83. The quantitative estimate of drug-likeness (QED) is 0.788. The van der Waals surface area contributed by atoms with Gasteiger partial charge in [0.15, 0.2) is 0 Å². The van der Waals surface area contributed by atoms with Gasteiger partial charge >= 0.3 is 0 Å². The highest BCUT2D eigenvalue weighted by Crippen LogP contribution is 2.39. The average molecular weight is 388 g/mol. The molecule has 0 bridgehead atoms. The molecule has 2 aromatic rings. The third-order valence-corrected chi connectivity index (χ3v) is 4.04. The predicted octanol–water partition coefficient (Wildman–Crippen LogP) is 4.98. The number of fused-ring (bicyclic) bond motifs is 1. The summed E-state index contributed by atoms with van der Waals surface area (Å²) in [4.78, 5) is 4.48. The lowest BCUT2D eigenvalue weighted by Crippen LogP contribution is -2.26. The van der Waals surface area contributed by atoms with Crippen molar-refractivity contribution in [2.24, 2.45) is 0 Å². The molecule has 0 aliphatic rings. The fourth-order valence-corrected chi connectivity index (χ4v) is 2.98. The van der Waals surface area contributed by atoms with E-state index in [1.165, 1.54) is 0 Å². The zero-order valence-corrected chi connectivity index (χ0v) is 14.5. The lowest BCUT2D eigenvalue weighted by atomic mass is 10.1. The molecule has 0 fully saturated rings. The second-order valence-electron chi connectivity index (χ2n) is 5.33. The molecule has 102 valence electrons. The van der Waals surface area contributed by atoms with Crippen LogP contribution in [-0.4, -0.2) is 17.6 Å². The minimum Gasteiger partial charge on any atom is -0.496 e. The molecular weight excluding hydrogens is 372 g/mol. The van der Waals surface area contributed by atoms with E-state index in [9.17, 15) is 0 Å². The van der Waals surface area contributed by atoms with Crippen molar-refractivity contribution in [2.75, 3.05) is 12.4 Å². The minimum absolute atomic E-state index is 0.0592. The monoisotopic (exact) mass is 386 g/mol. The summed E-state index contributed by atoms with van der Waals surface area (Å²) < 4.78 is 7.23. The second-order valence-corrected chi connectivity index (χ2v) is 6.98. The van der Waals surface area contributed by atoms with Crippen LogP contribution in [-0.2, 0) is 0 Å². The lowest BCUT2D eigenvalue weighted by molar-refractivity contribution is 0.413. The van der Waals surface area contributed by atoms with E-state index in [2.05, 4.69) is 62.9 Å². The first-order valence-corrected chi connectivity index (χ1v) is 7.51. The summed E-state index contributed by atoms with van der Waals surface area (Å²) in [5.41, 5.74) is -0.0592. The molecule has 0 saturated heterocycles. The predicted molar refractivity (Wildman–Crippen MR) is 87.1 cm³/mol. The van der Waals surface area contributed by atoms with E-state index in [1.54, 1.807) is 7.11 Å². The number of hydrogen-bond donors (Lipinski definition) is 1. The van der Waals surface area contributed by atoms with Crippen LogP contribution in [0.5, 0.6) is 5.75 Å². The zero-order chi connectivity index (χ0) is 14.2. The van der Waals surface area contributed by atoms with Gasteiger partial charge in [-0.05, 0) is 64.8 Å². The molecule has 19 heavy (non-hydrogen) atoms. The molecule has 1 aromatic heterocycles. The van der Waals surface area contributed by atoms with E-state index in [-0.39, 0.29) is 5.54 Å². The van der Waals surface area contributed by atoms with E-state index in [0.29, 0.717) is 0 Å². The van der Waals surface area contributed by atoms with Gasteiger partial charge in [-0.2, -0.15) is 0 Å². The van der Waals surface area contributed by atoms with Crippen LogP contribution in [0.2, 0.25) is 0 Å². The highest BCUT2D eigenvalue weighted by Gasteiger charge is 2.17. The van der Waals surface area contributed by atoms with Gasteiger partial charge in [-0.15, -0.1) is 0 Å². The Morgan fingerprint density at radius 1 is 1.21 bits per heavy atom. The Bertz CT molecular complexity index is 621. The molecule has 3 nitrogen and oxygen atoms in total. The van der Waals surface area contributed by atoms with Gasteiger partial charge in [-0.3, -0.25) is 0 Å². The Kier molecular flexibility index (Phi) is 4.06. The molecule has 1 heterocycles. The molecule has 1 aromatic carbocycles. The number of anilines is 1. The number of methoxy groups -OCH3 is 1. The summed E-state index contributed by atoms with van der Waals surface area (Å²) >= 11 is 7.15. The van der Waals surface area contributed by atoms with E-state index < -0.39 is 0 Å². The molecule has 0 saturated carbocycles. The van der Waals surface area contributed by atoms with Crippen molar-refractivity contribution in [3.8, 4) is 5.75 Å². The smallest absolute Gasteiger partial charge is 0.135 e. The van der Waals surface area contributed by atoms with Gasteiger partial charge in [-0.1, -0.05) is 0 Å². The number of rotatable bonds is 2. The van der Waals surface area contributed by atoms with Crippen LogP contribution >= 0.6 is 31.9 Å². The zero-order valence-electron chi connectivity index (χ0n) is 11.3. The summed E-state index contributed by atoms with van der Waals surface area (Å²) in [7, 11) is 1.66. The summed E-state index contributed by atoms with van der Waals surface area (Å²) in [6.45, 7) is 6.32. The van der Waals surface area contributed by atoms with Gasteiger partial charge in [-0.25, -0.2) is 4.98 Å². The molecule has 0 aliphatic heterocycles. The Hall–Kier alpha value is -0.810. The summed E-state index contributed by atoms with van der Waals surface area (Å²) in [6.07, 6.45) is 1.81. The van der Waals surface area contributed by atoms with Gasteiger partial charge in [0.1, 0.15) is 11.6 Å². The van der Waals surface area contributed by atoms with Gasteiger partial charge in [0.25, 0.3) is 0 Å². The summed E-state index contributed by atoms with van der Waals surface area (Å²) in [6, 6.07) is 3.97. The number of benzene rings is 1. The van der Waals surface area contributed by atoms with Crippen LogP contribution in [0.1, 0.15) is 20.8 Å². The van der Waals surface area contributed by atoms with Gasteiger partial charge in [0.05, 0.1) is 11.6 Å². The number of pyridine rings is 1. The van der Waals surface area contributed by atoms with Crippen LogP contribution in [0.15, 0.2) is 27.3 Å². The number of hydrogen-bond acceptors (Lipinski definition) is 3. The molecule has 1 N–H and O–H groups in total. The van der Waals surface area contributed by atoms with Gasteiger partial charge in [0.2, 0.25) is 0 Å². The van der Waals surface area contributed by atoms with Crippen molar-refractivity contribution in [3.05, 3.63) is 27.3 Å². The standard InChI is InChI=1S/C14H16Br2N2O/c1-14(2,3)18-13-11-8(9(15)7-17-13)5-6-10(19-4)12(11)16/h5-7H,1-4H3,(H,17,18). The number of aromatic nitrogens is 1. The first kappa shape index (κ1) is 14.6. The summed E-state index contributed by atoms with van der Waals surface area (Å²) in [5.74, 6) is 1.64. The molecule has 5 heteroatoms. The largest absolute Gasteiger partial charge is 0.496 e. The van der Waals surface area contributed by atoms with Crippen LogP contribution < -0.4 is 10.1 Å². The maximum Gasteiger partial charge on any atom is 0.135 e. The SMILES string of the molecule is COc1ccc2c(Br)cnc(NC(C)(C)C)c2c1Br. The van der Waals surface area contributed by atoms with E-state index in [4.69, 9.17) is 4.74 Å². The van der Waals surface area contributed by atoms with Crippen LogP contribution in [0.25, 0.3) is 10.8 Å². The molecule has 0 unspecified atom stereocenters. The van der Waals surface area contributed by atoms with Crippen LogP contribution in [0.3, 0.4) is 0 Å². The summed E-state index contributed by atoms with van der Waals surface area (Å²) in [5, 5.41) is 5.54. The van der Waals surface area contributed by atoms with Crippen LogP contribution in [0.4, 0.5) is 5.82 Å². The maximum atomic E-state index is 5.36. The highest BCUT2D eigenvalue weighted by atomic mass is 79.9. The van der Waals surface area contributed by atoms with Crippen LogP contribution in [0, 0.1) is 0 Å². The van der Waals surface area contributed by atoms with E-state index in [0.717, 1.165) is 31.3 Å². The lowest BCUT2D eigenvalue weighted by Gasteiger charge is -2.23. The third kappa shape index (κ3) is 3.03. The van der Waals surface area contributed by atoms with Crippen molar-refractivity contribution >= 4 is 48.5 Å². The topological polar surface area (TPSA) is 34.1 Å². The molecule has 0 atom stereocenters. The Labute approximate surface area is 130 Å². The van der Waals surface area contributed by atoms with Crippen molar-refractivity contribution in [1.29, 1.82) is 0 Å². The van der Waals surface area contributed by atoms with Gasteiger partial charge in [0, 0.05) is 27.0 Å². The molecule has 0 radical (unpaired) electrons. The number of ether oxygens (including phenoxy) is 1. The molecule has 0 spiro atoms. The van der Waals surface area contributed by atoms with Crippen molar-refractivity contribution in [3.63, 3.8) is 0 Å². The molecule has 2 rings (SSSR count). The third-order valence-electron chi connectivity index (χ3n) is 2.62. The Morgan fingerprint density at radius 2 is 1.89 bits per heavy atom. The Balaban J connectivity index is 2.74. The Morgan fingerprint density at radius 3 is 2.47 bits per heavy atom. The van der Waals surface area contributed by atoms with Crippen molar-refractivity contribution < 1.29 is 4.74 Å². The van der Waals surface area contributed by atoms with E-state index in [1.807, 2.05) is 18.3 Å². The minimum atomic E-state index is -0.0592. The van der Waals surface area contributed by atoms with E-state index >= 15 is 0 Å². The number of nitrogens with zero attached hydrogens (tertiary/aromatic N) is 1.